The molecule has 4 nitrogen and oxygen atoms in total. The van der Waals surface area contributed by atoms with E-state index >= 15 is 0 Å². The fraction of sp³-hybridized carbons (Fsp3) is 0.471. The Labute approximate surface area is 125 Å². The summed E-state index contributed by atoms with van der Waals surface area (Å²) >= 11 is 0. The molecule has 1 atom stereocenters. The Kier molecular flexibility index (Phi) is 4.68. The topological polar surface area (TPSA) is 34.6 Å². The van der Waals surface area contributed by atoms with Gasteiger partial charge in [0.1, 0.15) is 5.82 Å². The summed E-state index contributed by atoms with van der Waals surface area (Å²) in [6.45, 7) is 4.25. The molecule has 1 aliphatic rings. The number of methoxy groups -OCH3 is 1. The molecule has 2 heterocycles. The van der Waals surface area contributed by atoms with E-state index in [-0.39, 0.29) is 0 Å². The third kappa shape index (κ3) is 3.52. The van der Waals surface area contributed by atoms with Gasteiger partial charge in [-0.1, -0.05) is 18.2 Å². The van der Waals surface area contributed by atoms with Gasteiger partial charge in [0.15, 0.2) is 0 Å². The molecule has 0 aliphatic carbocycles. The number of fused-ring (bicyclic) bond motifs is 1. The molecule has 21 heavy (non-hydrogen) atoms. The van der Waals surface area contributed by atoms with Crippen molar-refractivity contribution >= 4 is 16.7 Å². The van der Waals surface area contributed by atoms with Crippen LogP contribution in [0.15, 0.2) is 36.4 Å². The van der Waals surface area contributed by atoms with Crippen LogP contribution in [-0.4, -0.2) is 45.0 Å². The number of aromatic nitrogens is 1. The first-order valence-corrected chi connectivity index (χ1v) is 7.54. The maximum Gasteiger partial charge on any atom is 0.129 e. The predicted octanol–water partition coefficient (Wildman–Crippen LogP) is 2.72. The highest BCUT2D eigenvalue weighted by Gasteiger charge is 2.23. The molecule has 0 bridgehead atoms. The fourth-order valence-corrected chi connectivity index (χ4v) is 2.80. The molecule has 3 rings (SSSR count). The average Bonchev–Trinajstić information content (AvgIpc) is 3.00. The number of para-hydroxylation sites is 1. The van der Waals surface area contributed by atoms with E-state index in [0.29, 0.717) is 19.1 Å². The van der Waals surface area contributed by atoms with Gasteiger partial charge in [-0.25, -0.2) is 4.98 Å². The van der Waals surface area contributed by atoms with E-state index in [2.05, 4.69) is 29.2 Å². The van der Waals surface area contributed by atoms with Crippen molar-refractivity contribution < 1.29 is 9.47 Å². The number of hydrogen-bond donors (Lipinski definition) is 0. The van der Waals surface area contributed by atoms with E-state index in [1.807, 2.05) is 12.1 Å². The normalized spacial score (nSPS) is 18.5. The van der Waals surface area contributed by atoms with E-state index in [1.165, 1.54) is 11.8 Å². The Balaban J connectivity index is 1.59. The minimum atomic E-state index is 0.593. The average molecular weight is 286 g/mol. The van der Waals surface area contributed by atoms with Crippen LogP contribution in [0.4, 0.5) is 5.82 Å². The predicted molar refractivity (Wildman–Crippen MR) is 84.8 cm³/mol. The lowest BCUT2D eigenvalue weighted by Crippen LogP contribution is -2.22. The number of nitrogens with zero attached hydrogens (tertiary/aromatic N) is 2. The summed E-state index contributed by atoms with van der Waals surface area (Å²) in [5.41, 5.74) is 1.06. The second-order valence-electron chi connectivity index (χ2n) is 5.53. The lowest BCUT2D eigenvalue weighted by Gasteiger charge is -2.18. The van der Waals surface area contributed by atoms with Gasteiger partial charge in [0.05, 0.1) is 25.3 Å². The first-order chi connectivity index (χ1) is 10.4. The summed E-state index contributed by atoms with van der Waals surface area (Å²) in [5, 5.41) is 1.19. The van der Waals surface area contributed by atoms with Crippen LogP contribution in [0.25, 0.3) is 10.9 Å². The first kappa shape index (κ1) is 14.3. The van der Waals surface area contributed by atoms with Gasteiger partial charge in [-0.15, -0.1) is 0 Å². The Bertz CT molecular complexity index is 588. The molecule has 1 saturated heterocycles. The highest BCUT2D eigenvalue weighted by Crippen LogP contribution is 2.24. The van der Waals surface area contributed by atoms with Gasteiger partial charge < -0.3 is 14.4 Å². The van der Waals surface area contributed by atoms with E-state index < -0.39 is 0 Å². The Morgan fingerprint density at radius 3 is 3.00 bits per heavy atom. The molecule has 0 radical (unpaired) electrons. The van der Waals surface area contributed by atoms with Gasteiger partial charge in [-0.05, 0) is 24.6 Å². The molecular weight excluding hydrogens is 264 g/mol. The minimum absolute atomic E-state index is 0.593. The second kappa shape index (κ2) is 6.87. The maximum absolute atomic E-state index is 5.64. The van der Waals surface area contributed by atoms with E-state index in [4.69, 9.17) is 14.5 Å². The van der Waals surface area contributed by atoms with Gasteiger partial charge in [-0.3, -0.25) is 0 Å². The second-order valence-corrected chi connectivity index (χ2v) is 5.53. The van der Waals surface area contributed by atoms with Crippen LogP contribution in [-0.2, 0) is 9.47 Å². The third-order valence-corrected chi connectivity index (χ3v) is 3.98. The van der Waals surface area contributed by atoms with Crippen molar-refractivity contribution in [1.82, 2.24) is 4.98 Å². The minimum Gasteiger partial charge on any atom is -0.382 e. The van der Waals surface area contributed by atoms with Gasteiger partial charge >= 0.3 is 0 Å². The van der Waals surface area contributed by atoms with Crippen LogP contribution in [0, 0.1) is 5.92 Å². The monoisotopic (exact) mass is 286 g/mol. The van der Waals surface area contributed by atoms with E-state index in [0.717, 1.165) is 31.0 Å². The Hall–Kier alpha value is -1.65. The fourth-order valence-electron chi connectivity index (χ4n) is 2.80. The van der Waals surface area contributed by atoms with E-state index in [1.54, 1.807) is 7.11 Å². The molecule has 112 valence electrons. The summed E-state index contributed by atoms with van der Waals surface area (Å²) in [5.74, 6) is 1.67. The van der Waals surface area contributed by atoms with Crippen molar-refractivity contribution in [3.05, 3.63) is 36.4 Å². The van der Waals surface area contributed by atoms with Crippen molar-refractivity contribution in [3.8, 4) is 0 Å². The van der Waals surface area contributed by atoms with Gasteiger partial charge in [-0.2, -0.15) is 0 Å². The molecule has 1 aliphatic heterocycles. The van der Waals surface area contributed by atoms with Gasteiger partial charge in [0, 0.05) is 31.5 Å². The van der Waals surface area contributed by atoms with Crippen LogP contribution >= 0.6 is 0 Å². The highest BCUT2D eigenvalue weighted by atomic mass is 16.5. The van der Waals surface area contributed by atoms with Crippen LogP contribution in [0.5, 0.6) is 0 Å². The zero-order valence-electron chi connectivity index (χ0n) is 12.5. The van der Waals surface area contributed by atoms with Gasteiger partial charge in [0.2, 0.25) is 0 Å². The van der Waals surface area contributed by atoms with Crippen molar-refractivity contribution in [1.29, 1.82) is 0 Å². The molecule has 4 heteroatoms. The standard InChI is InChI=1S/C17H22N2O2/c1-20-10-11-21-13-14-8-9-19(12-14)17-7-6-15-4-2-3-5-16(15)18-17/h2-7,14H,8-13H2,1H3. The highest BCUT2D eigenvalue weighted by molar-refractivity contribution is 5.80. The molecular formula is C17H22N2O2. The zero-order valence-corrected chi connectivity index (χ0v) is 12.5. The molecule has 0 N–H and O–H groups in total. The summed E-state index contributed by atoms with van der Waals surface area (Å²) in [6.07, 6.45) is 1.17. The number of ether oxygens (including phenoxy) is 2. The molecule has 2 aromatic rings. The molecule has 1 aromatic carbocycles. The molecule has 1 aromatic heterocycles. The van der Waals surface area contributed by atoms with Crippen molar-refractivity contribution in [2.45, 2.75) is 6.42 Å². The molecule has 0 amide bonds. The smallest absolute Gasteiger partial charge is 0.129 e. The summed E-state index contributed by atoms with van der Waals surface area (Å²) in [7, 11) is 1.70. The number of hydrogen-bond acceptors (Lipinski definition) is 4. The van der Waals surface area contributed by atoms with Crippen LogP contribution in [0.3, 0.4) is 0 Å². The van der Waals surface area contributed by atoms with Crippen LogP contribution in [0.1, 0.15) is 6.42 Å². The number of pyridine rings is 1. The number of rotatable bonds is 6. The maximum atomic E-state index is 5.64. The summed E-state index contributed by atoms with van der Waals surface area (Å²) < 4.78 is 10.6. The molecule has 1 fully saturated rings. The van der Waals surface area contributed by atoms with E-state index in [9.17, 15) is 0 Å². The summed E-state index contributed by atoms with van der Waals surface area (Å²) in [4.78, 5) is 7.12. The lowest BCUT2D eigenvalue weighted by molar-refractivity contribution is 0.0549. The van der Waals surface area contributed by atoms with Crippen molar-refractivity contribution in [3.63, 3.8) is 0 Å². The van der Waals surface area contributed by atoms with Crippen LogP contribution < -0.4 is 4.90 Å². The van der Waals surface area contributed by atoms with Crippen molar-refractivity contribution in [2.24, 2.45) is 5.92 Å². The number of anilines is 1. The lowest BCUT2D eigenvalue weighted by atomic mass is 10.1. The first-order valence-electron chi connectivity index (χ1n) is 7.54. The molecule has 0 saturated carbocycles. The molecule has 1 unspecified atom stereocenters. The van der Waals surface area contributed by atoms with Crippen molar-refractivity contribution in [2.75, 3.05) is 44.9 Å². The Morgan fingerprint density at radius 2 is 2.10 bits per heavy atom. The number of benzene rings is 1. The largest absolute Gasteiger partial charge is 0.382 e. The zero-order chi connectivity index (χ0) is 14.5. The summed E-state index contributed by atoms with van der Waals surface area (Å²) in [6, 6.07) is 12.5. The SMILES string of the molecule is COCCOCC1CCN(c2ccc3ccccc3n2)C1. The van der Waals surface area contributed by atoms with Crippen LogP contribution in [0.2, 0.25) is 0 Å². The third-order valence-electron chi connectivity index (χ3n) is 3.98. The molecule has 0 spiro atoms. The van der Waals surface area contributed by atoms with Gasteiger partial charge in [0.25, 0.3) is 0 Å². The Morgan fingerprint density at radius 1 is 1.19 bits per heavy atom. The quantitative estimate of drug-likeness (QED) is 0.765.